The molecule has 0 spiro atoms. The van der Waals surface area contributed by atoms with E-state index in [4.69, 9.17) is 9.47 Å². The molecule has 0 aromatic heterocycles. The van der Waals surface area contributed by atoms with E-state index in [1.165, 1.54) is 5.56 Å². The van der Waals surface area contributed by atoms with E-state index in [2.05, 4.69) is 13.0 Å². The molecule has 0 aliphatic heterocycles. The zero-order valence-corrected chi connectivity index (χ0v) is 10.4. The summed E-state index contributed by atoms with van der Waals surface area (Å²) in [5, 5.41) is 0. The third-order valence-electron chi connectivity index (χ3n) is 1.97. The molecule has 1 unspecified atom stereocenters. The summed E-state index contributed by atoms with van der Waals surface area (Å²) in [7, 11) is 1.66. The van der Waals surface area contributed by atoms with Gasteiger partial charge in [0.05, 0.1) is 0 Å². The molecule has 86 valence electrons. The second-order valence-electron chi connectivity index (χ2n) is 2.88. The molecule has 0 saturated carbocycles. The second-order valence-corrected chi connectivity index (χ2v) is 2.88. The predicted octanol–water partition coefficient (Wildman–Crippen LogP) is 3.70. The van der Waals surface area contributed by atoms with Crippen molar-refractivity contribution in [3.05, 3.63) is 35.4 Å². The number of hydrogen-bond acceptors (Lipinski definition) is 2. The van der Waals surface area contributed by atoms with Crippen molar-refractivity contribution in [2.45, 2.75) is 34.0 Å². The molecular formula is C13H22O2. The van der Waals surface area contributed by atoms with E-state index in [1.807, 2.05) is 39.0 Å². The summed E-state index contributed by atoms with van der Waals surface area (Å²) >= 11 is 0. The third-order valence-corrected chi connectivity index (χ3v) is 1.97. The Hall–Kier alpha value is -0.860. The Morgan fingerprint density at radius 2 is 1.80 bits per heavy atom. The van der Waals surface area contributed by atoms with E-state index in [0.717, 1.165) is 5.56 Å². The highest BCUT2D eigenvalue weighted by Gasteiger charge is 2.11. The Morgan fingerprint density at radius 3 is 2.27 bits per heavy atom. The summed E-state index contributed by atoms with van der Waals surface area (Å²) in [5.41, 5.74) is 2.30. The van der Waals surface area contributed by atoms with Crippen molar-refractivity contribution in [3.8, 4) is 0 Å². The van der Waals surface area contributed by atoms with Crippen molar-refractivity contribution >= 4 is 0 Å². The molecule has 15 heavy (non-hydrogen) atoms. The fourth-order valence-electron chi connectivity index (χ4n) is 1.29. The summed E-state index contributed by atoms with van der Waals surface area (Å²) in [6.45, 7) is 8.68. The average molecular weight is 210 g/mol. The van der Waals surface area contributed by atoms with Gasteiger partial charge in [0, 0.05) is 19.3 Å². The SMILES string of the molecule is CC.CCOC(OC)c1ccccc1C. The van der Waals surface area contributed by atoms with Gasteiger partial charge in [-0.1, -0.05) is 38.1 Å². The van der Waals surface area contributed by atoms with Gasteiger partial charge in [0.15, 0.2) is 6.29 Å². The van der Waals surface area contributed by atoms with Gasteiger partial charge >= 0.3 is 0 Å². The second kappa shape index (κ2) is 8.45. The van der Waals surface area contributed by atoms with Gasteiger partial charge in [-0.25, -0.2) is 0 Å². The summed E-state index contributed by atoms with van der Waals surface area (Å²) in [6, 6.07) is 8.09. The third kappa shape index (κ3) is 4.45. The molecule has 1 atom stereocenters. The van der Waals surface area contributed by atoms with Crippen molar-refractivity contribution in [3.63, 3.8) is 0 Å². The lowest BCUT2D eigenvalue weighted by Gasteiger charge is -2.17. The number of rotatable bonds is 4. The zero-order chi connectivity index (χ0) is 11.7. The van der Waals surface area contributed by atoms with Crippen LogP contribution in [-0.4, -0.2) is 13.7 Å². The van der Waals surface area contributed by atoms with E-state index in [9.17, 15) is 0 Å². The van der Waals surface area contributed by atoms with Gasteiger partial charge in [-0.15, -0.1) is 0 Å². The van der Waals surface area contributed by atoms with Crippen molar-refractivity contribution in [2.24, 2.45) is 0 Å². The van der Waals surface area contributed by atoms with E-state index < -0.39 is 0 Å². The average Bonchev–Trinajstić information content (AvgIpc) is 2.30. The number of hydrogen-bond donors (Lipinski definition) is 0. The number of methoxy groups -OCH3 is 1. The standard InChI is InChI=1S/C11H16O2.C2H6/c1-4-13-11(12-3)10-8-6-5-7-9(10)2;1-2/h5-8,11H,4H2,1-3H3;1-2H3. The minimum Gasteiger partial charge on any atom is -0.352 e. The lowest BCUT2D eigenvalue weighted by Crippen LogP contribution is -2.07. The van der Waals surface area contributed by atoms with Gasteiger partial charge in [0.25, 0.3) is 0 Å². The highest BCUT2D eigenvalue weighted by molar-refractivity contribution is 5.26. The highest BCUT2D eigenvalue weighted by Crippen LogP contribution is 2.21. The summed E-state index contributed by atoms with van der Waals surface area (Å²) in [4.78, 5) is 0. The van der Waals surface area contributed by atoms with Crippen LogP contribution in [0.4, 0.5) is 0 Å². The summed E-state index contributed by atoms with van der Waals surface area (Å²) < 4.78 is 10.7. The van der Waals surface area contributed by atoms with Crippen LogP contribution in [0.1, 0.15) is 38.2 Å². The Labute approximate surface area is 93.2 Å². The monoisotopic (exact) mass is 210 g/mol. The molecule has 0 fully saturated rings. The van der Waals surface area contributed by atoms with Crippen LogP contribution in [0.2, 0.25) is 0 Å². The molecular weight excluding hydrogens is 188 g/mol. The van der Waals surface area contributed by atoms with Crippen LogP contribution in [0, 0.1) is 6.92 Å². The maximum Gasteiger partial charge on any atom is 0.183 e. The molecule has 1 aromatic rings. The van der Waals surface area contributed by atoms with E-state index >= 15 is 0 Å². The largest absolute Gasteiger partial charge is 0.352 e. The minimum absolute atomic E-state index is 0.230. The predicted molar refractivity (Wildman–Crippen MR) is 63.9 cm³/mol. The molecule has 2 heteroatoms. The first-order valence-corrected chi connectivity index (χ1v) is 5.49. The molecule has 0 N–H and O–H groups in total. The van der Waals surface area contributed by atoms with Crippen LogP contribution in [-0.2, 0) is 9.47 Å². The van der Waals surface area contributed by atoms with Crippen LogP contribution in [0.15, 0.2) is 24.3 Å². The molecule has 1 rings (SSSR count). The molecule has 2 nitrogen and oxygen atoms in total. The fourth-order valence-corrected chi connectivity index (χ4v) is 1.29. The number of benzene rings is 1. The lowest BCUT2D eigenvalue weighted by atomic mass is 10.1. The molecule has 0 saturated heterocycles. The number of ether oxygens (including phenoxy) is 2. The van der Waals surface area contributed by atoms with Gasteiger partial charge < -0.3 is 9.47 Å². The van der Waals surface area contributed by atoms with Crippen molar-refractivity contribution in [1.82, 2.24) is 0 Å². The lowest BCUT2D eigenvalue weighted by molar-refractivity contribution is -0.124. The Morgan fingerprint density at radius 1 is 1.20 bits per heavy atom. The molecule has 1 aromatic carbocycles. The molecule has 0 radical (unpaired) electrons. The first-order valence-electron chi connectivity index (χ1n) is 5.49. The van der Waals surface area contributed by atoms with Gasteiger partial charge in [-0.2, -0.15) is 0 Å². The maximum absolute atomic E-state index is 5.44. The van der Waals surface area contributed by atoms with Crippen LogP contribution in [0.3, 0.4) is 0 Å². The van der Waals surface area contributed by atoms with Crippen molar-refractivity contribution in [1.29, 1.82) is 0 Å². The van der Waals surface area contributed by atoms with E-state index in [0.29, 0.717) is 6.61 Å². The quantitative estimate of drug-likeness (QED) is 0.705. The number of aryl methyl sites for hydroxylation is 1. The van der Waals surface area contributed by atoms with Gasteiger partial charge in [-0.3, -0.25) is 0 Å². The topological polar surface area (TPSA) is 18.5 Å². The normalized spacial score (nSPS) is 11.5. The molecule has 0 heterocycles. The van der Waals surface area contributed by atoms with Crippen molar-refractivity contribution in [2.75, 3.05) is 13.7 Å². The van der Waals surface area contributed by atoms with Gasteiger partial charge in [0.2, 0.25) is 0 Å². The molecule has 0 aliphatic carbocycles. The Balaban J connectivity index is 0.000000921. The first-order chi connectivity index (χ1) is 7.29. The molecule has 0 aliphatic rings. The molecule has 0 amide bonds. The minimum atomic E-state index is -0.230. The van der Waals surface area contributed by atoms with Crippen LogP contribution < -0.4 is 0 Å². The van der Waals surface area contributed by atoms with Crippen LogP contribution >= 0.6 is 0 Å². The highest BCUT2D eigenvalue weighted by atomic mass is 16.7. The van der Waals surface area contributed by atoms with Crippen LogP contribution in [0.5, 0.6) is 0 Å². The maximum atomic E-state index is 5.44. The van der Waals surface area contributed by atoms with Gasteiger partial charge in [-0.05, 0) is 19.4 Å². The zero-order valence-electron chi connectivity index (χ0n) is 10.4. The van der Waals surface area contributed by atoms with Crippen molar-refractivity contribution < 1.29 is 9.47 Å². The summed E-state index contributed by atoms with van der Waals surface area (Å²) in [6.07, 6.45) is -0.230. The van der Waals surface area contributed by atoms with E-state index in [1.54, 1.807) is 7.11 Å². The van der Waals surface area contributed by atoms with E-state index in [-0.39, 0.29) is 6.29 Å². The van der Waals surface area contributed by atoms with Gasteiger partial charge in [0.1, 0.15) is 0 Å². The first kappa shape index (κ1) is 14.1. The smallest absolute Gasteiger partial charge is 0.183 e. The van der Waals surface area contributed by atoms with Crippen LogP contribution in [0.25, 0.3) is 0 Å². The Kier molecular flexibility index (Phi) is 7.96. The summed E-state index contributed by atoms with van der Waals surface area (Å²) in [5.74, 6) is 0. The Bertz CT molecular complexity index is 258. The molecule has 0 bridgehead atoms. The fraction of sp³-hybridized carbons (Fsp3) is 0.538.